The molecule has 0 amide bonds. The highest BCUT2D eigenvalue weighted by Gasteiger charge is 2.08. The number of nitrogen functional groups attached to an aromatic ring is 1. The predicted molar refractivity (Wildman–Crippen MR) is 64.5 cm³/mol. The fourth-order valence-electron chi connectivity index (χ4n) is 1.64. The van der Waals surface area contributed by atoms with Crippen LogP contribution in [0.15, 0.2) is 42.5 Å². The number of rotatable bonds is 2. The molecule has 82 valence electrons. The van der Waals surface area contributed by atoms with Gasteiger partial charge in [-0.1, -0.05) is 18.2 Å². The van der Waals surface area contributed by atoms with Crippen molar-refractivity contribution in [3.05, 3.63) is 42.5 Å². The number of hydrogen-bond acceptors (Lipinski definition) is 3. The Kier molecular flexibility index (Phi) is 2.68. The van der Waals surface area contributed by atoms with Gasteiger partial charge in [0.15, 0.2) is 0 Å². The molecule has 3 nitrogen and oxygen atoms in total. The highest BCUT2D eigenvalue weighted by atomic mass is 16.5. The Labute approximate surface area is 94.1 Å². The van der Waals surface area contributed by atoms with Crippen LogP contribution in [0.3, 0.4) is 0 Å². The number of nitrogens with two attached hydrogens (primary N) is 1. The van der Waals surface area contributed by atoms with Crippen LogP contribution in [0, 0.1) is 0 Å². The minimum Gasteiger partial charge on any atom is -0.508 e. The molecule has 2 rings (SSSR count). The first-order chi connectivity index (χ1) is 7.72. The van der Waals surface area contributed by atoms with Gasteiger partial charge in [-0.15, -0.1) is 0 Å². The lowest BCUT2D eigenvalue weighted by Gasteiger charge is -2.10. The lowest BCUT2D eigenvalue weighted by molar-refractivity contribution is 0.416. The Morgan fingerprint density at radius 3 is 2.56 bits per heavy atom. The van der Waals surface area contributed by atoms with Gasteiger partial charge < -0.3 is 15.6 Å². The van der Waals surface area contributed by atoms with Crippen molar-refractivity contribution >= 4 is 5.69 Å². The van der Waals surface area contributed by atoms with E-state index in [4.69, 9.17) is 10.5 Å². The normalized spacial score (nSPS) is 10.1. The molecule has 3 N–H and O–H groups in total. The Morgan fingerprint density at radius 2 is 1.81 bits per heavy atom. The lowest BCUT2D eigenvalue weighted by Crippen LogP contribution is -1.92. The summed E-state index contributed by atoms with van der Waals surface area (Å²) in [6, 6.07) is 12.4. The number of methoxy groups -OCH3 is 1. The van der Waals surface area contributed by atoms with Crippen LogP contribution in [0.5, 0.6) is 11.5 Å². The molecule has 0 aliphatic heterocycles. The second-order valence-electron chi connectivity index (χ2n) is 3.47. The van der Waals surface area contributed by atoms with E-state index in [1.807, 2.05) is 24.3 Å². The van der Waals surface area contributed by atoms with Gasteiger partial charge in [-0.25, -0.2) is 0 Å². The summed E-state index contributed by atoms with van der Waals surface area (Å²) in [6.07, 6.45) is 0. The number of hydrogen-bond donors (Lipinski definition) is 2. The van der Waals surface area contributed by atoms with Gasteiger partial charge in [-0.2, -0.15) is 0 Å². The molecule has 2 aromatic rings. The summed E-state index contributed by atoms with van der Waals surface area (Å²) < 4.78 is 5.26. The van der Waals surface area contributed by atoms with E-state index in [-0.39, 0.29) is 5.75 Å². The zero-order valence-corrected chi connectivity index (χ0v) is 8.97. The Bertz CT molecular complexity index is 509. The van der Waals surface area contributed by atoms with Gasteiger partial charge in [0.1, 0.15) is 11.5 Å². The molecule has 0 heterocycles. The van der Waals surface area contributed by atoms with Gasteiger partial charge in [0, 0.05) is 16.8 Å². The molecule has 2 aromatic carbocycles. The quantitative estimate of drug-likeness (QED) is 0.598. The van der Waals surface area contributed by atoms with Crippen molar-refractivity contribution in [3.63, 3.8) is 0 Å². The van der Waals surface area contributed by atoms with E-state index in [1.165, 1.54) is 0 Å². The van der Waals surface area contributed by atoms with E-state index in [9.17, 15) is 5.11 Å². The average molecular weight is 215 g/mol. The Morgan fingerprint density at radius 1 is 1.06 bits per heavy atom. The zero-order valence-electron chi connectivity index (χ0n) is 8.97. The SMILES string of the molecule is COc1ccccc1-c1cc(O)ccc1N. The molecule has 3 heteroatoms. The fraction of sp³-hybridized carbons (Fsp3) is 0.0769. The van der Waals surface area contributed by atoms with Crippen molar-refractivity contribution in [1.29, 1.82) is 0 Å². The van der Waals surface area contributed by atoms with Crippen LogP contribution >= 0.6 is 0 Å². The number of benzene rings is 2. The lowest BCUT2D eigenvalue weighted by atomic mass is 10.0. The second kappa shape index (κ2) is 4.14. The Hall–Kier alpha value is -2.16. The summed E-state index contributed by atoms with van der Waals surface area (Å²) in [4.78, 5) is 0. The topological polar surface area (TPSA) is 55.5 Å². The van der Waals surface area contributed by atoms with Crippen molar-refractivity contribution in [2.45, 2.75) is 0 Å². The molecule has 0 aromatic heterocycles. The molecule has 0 atom stereocenters. The third-order valence-corrected chi connectivity index (χ3v) is 2.43. The summed E-state index contributed by atoms with van der Waals surface area (Å²) >= 11 is 0. The second-order valence-corrected chi connectivity index (χ2v) is 3.47. The minimum atomic E-state index is 0.190. The Balaban J connectivity index is 2.62. The predicted octanol–water partition coefficient (Wildman–Crippen LogP) is 2.65. The highest BCUT2D eigenvalue weighted by molar-refractivity contribution is 5.81. The van der Waals surface area contributed by atoms with Crippen molar-refractivity contribution in [2.75, 3.05) is 12.8 Å². The summed E-state index contributed by atoms with van der Waals surface area (Å²) in [5.74, 6) is 0.926. The molecule has 16 heavy (non-hydrogen) atoms. The van der Waals surface area contributed by atoms with Gasteiger partial charge in [0.2, 0.25) is 0 Å². The van der Waals surface area contributed by atoms with E-state index in [1.54, 1.807) is 25.3 Å². The van der Waals surface area contributed by atoms with Crippen molar-refractivity contribution < 1.29 is 9.84 Å². The average Bonchev–Trinajstić information content (AvgIpc) is 2.32. The van der Waals surface area contributed by atoms with Crippen molar-refractivity contribution in [2.24, 2.45) is 0 Å². The maximum atomic E-state index is 9.47. The molecule has 0 unspecified atom stereocenters. The van der Waals surface area contributed by atoms with Gasteiger partial charge in [-0.3, -0.25) is 0 Å². The van der Waals surface area contributed by atoms with Crippen LogP contribution in [0.2, 0.25) is 0 Å². The number of anilines is 1. The molecule has 0 aliphatic carbocycles. The number of para-hydroxylation sites is 1. The van der Waals surface area contributed by atoms with Gasteiger partial charge in [0.25, 0.3) is 0 Å². The van der Waals surface area contributed by atoms with Gasteiger partial charge in [-0.05, 0) is 24.3 Å². The molecule has 0 fully saturated rings. The minimum absolute atomic E-state index is 0.190. The fourth-order valence-corrected chi connectivity index (χ4v) is 1.64. The standard InChI is InChI=1S/C13H13NO2/c1-16-13-5-3-2-4-10(13)11-8-9(15)6-7-12(11)14/h2-8,15H,14H2,1H3. The van der Waals surface area contributed by atoms with E-state index >= 15 is 0 Å². The monoisotopic (exact) mass is 215 g/mol. The van der Waals surface area contributed by atoms with Crippen LogP contribution in [-0.4, -0.2) is 12.2 Å². The summed E-state index contributed by atoms with van der Waals surface area (Å²) in [5.41, 5.74) is 8.14. The number of phenols is 1. The van der Waals surface area contributed by atoms with Crippen LogP contribution in [0.1, 0.15) is 0 Å². The van der Waals surface area contributed by atoms with Crippen LogP contribution in [0.4, 0.5) is 5.69 Å². The van der Waals surface area contributed by atoms with Gasteiger partial charge >= 0.3 is 0 Å². The molecule has 0 radical (unpaired) electrons. The van der Waals surface area contributed by atoms with E-state index in [0.717, 1.165) is 16.9 Å². The summed E-state index contributed by atoms with van der Waals surface area (Å²) in [6.45, 7) is 0. The van der Waals surface area contributed by atoms with Crippen molar-refractivity contribution in [1.82, 2.24) is 0 Å². The maximum absolute atomic E-state index is 9.47. The molecule has 0 saturated carbocycles. The first-order valence-corrected chi connectivity index (χ1v) is 4.94. The number of aromatic hydroxyl groups is 1. The molecule has 0 bridgehead atoms. The number of ether oxygens (including phenoxy) is 1. The van der Waals surface area contributed by atoms with E-state index < -0.39 is 0 Å². The maximum Gasteiger partial charge on any atom is 0.126 e. The molecule has 0 aliphatic rings. The van der Waals surface area contributed by atoms with E-state index in [0.29, 0.717) is 5.69 Å². The summed E-state index contributed by atoms with van der Waals surface area (Å²) in [5, 5.41) is 9.47. The molecular weight excluding hydrogens is 202 g/mol. The van der Waals surface area contributed by atoms with Crippen LogP contribution < -0.4 is 10.5 Å². The molecular formula is C13H13NO2. The van der Waals surface area contributed by atoms with Crippen LogP contribution in [-0.2, 0) is 0 Å². The molecule has 0 spiro atoms. The highest BCUT2D eigenvalue weighted by Crippen LogP contribution is 2.35. The largest absolute Gasteiger partial charge is 0.508 e. The third kappa shape index (κ3) is 1.80. The summed E-state index contributed by atoms with van der Waals surface area (Å²) in [7, 11) is 1.61. The smallest absolute Gasteiger partial charge is 0.126 e. The number of phenolic OH excluding ortho intramolecular Hbond substituents is 1. The first kappa shape index (κ1) is 10.4. The van der Waals surface area contributed by atoms with E-state index in [2.05, 4.69) is 0 Å². The van der Waals surface area contributed by atoms with Crippen molar-refractivity contribution in [3.8, 4) is 22.6 Å². The van der Waals surface area contributed by atoms with Gasteiger partial charge in [0.05, 0.1) is 7.11 Å². The zero-order chi connectivity index (χ0) is 11.5. The molecule has 0 saturated heterocycles. The first-order valence-electron chi connectivity index (χ1n) is 4.94. The van der Waals surface area contributed by atoms with Crippen LogP contribution in [0.25, 0.3) is 11.1 Å². The third-order valence-electron chi connectivity index (χ3n) is 2.43.